The Hall–Kier alpha value is -2.43. The molecule has 0 aromatic carbocycles. The van der Waals surface area contributed by atoms with Crippen LogP contribution in [-0.4, -0.2) is 37.7 Å². The molecule has 0 saturated carbocycles. The van der Waals surface area contributed by atoms with E-state index in [-0.39, 0.29) is 5.91 Å². The molecule has 1 amide bonds. The number of nitrogens with zero attached hydrogens (tertiary/aromatic N) is 3. The maximum Gasteiger partial charge on any atom is 0.490 e. The van der Waals surface area contributed by atoms with Crippen LogP contribution in [0.25, 0.3) is 0 Å². The van der Waals surface area contributed by atoms with Crippen LogP contribution in [0.5, 0.6) is 0 Å². The Labute approximate surface area is 138 Å². The number of rotatable bonds is 3. The zero-order valence-electron chi connectivity index (χ0n) is 12.2. The van der Waals surface area contributed by atoms with Crippen LogP contribution in [0, 0.1) is 0 Å². The number of carbonyl (C=O) groups excluding carboxylic acids is 1. The summed E-state index contributed by atoms with van der Waals surface area (Å²) in [5.41, 5.74) is 2.11. The van der Waals surface area contributed by atoms with Crippen LogP contribution in [-0.2, 0) is 29.0 Å². The highest BCUT2D eigenvalue weighted by Crippen LogP contribution is 2.19. The van der Waals surface area contributed by atoms with Crippen LogP contribution in [0.2, 0.25) is 0 Å². The number of carboxylic acid groups (broad SMARTS) is 1. The molecule has 0 fully saturated rings. The van der Waals surface area contributed by atoms with Crippen LogP contribution in [0.3, 0.4) is 0 Å². The number of alkyl halides is 3. The number of anilines is 1. The molecule has 2 aromatic heterocycles. The molecule has 0 spiro atoms. The van der Waals surface area contributed by atoms with Crippen molar-refractivity contribution in [1.29, 1.82) is 0 Å². The molecule has 0 aliphatic carbocycles. The van der Waals surface area contributed by atoms with E-state index in [1.54, 1.807) is 6.20 Å². The summed E-state index contributed by atoms with van der Waals surface area (Å²) >= 11 is 1.42. The van der Waals surface area contributed by atoms with Gasteiger partial charge in [-0.25, -0.2) is 14.8 Å². The van der Waals surface area contributed by atoms with E-state index in [1.807, 2.05) is 11.7 Å². The van der Waals surface area contributed by atoms with Crippen LogP contribution >= 0.6 is 11.3 Å². The van der Waals surface area contributed by atoms with Gasteiger partial charge in [0.25, 0.3) is 0 Å². The Morgan fingerprint density at radius 2 is 2.08 bits per heavy atom. The number of aryl methyl sites for hydroxylation is 1. The number of fused-ring (bicyclic) bond motifs is 1. The minimum Gasteiger partial charge on any atom is -0.475 e. The molecule has 0 radical (unpaired) electrons. The minimum atomic E-state index is -5.08. The highest BCUT2D eigenvalue weighted by atomic mass is 32.1. The second kappa shape index (κ2) is 7.43. The summed E-state index contributed by atoms with van der Waals surface area (Å²) < 4.78 is 33.9. The number of imidazole rings is 1. The van der Waals surface area contributed by atoms with Crippen molar-refractivity contribution in [2.75, 3.05) is 5.32 Å². The molecule has 130 valence electrons. The van der Waals surface area contributed by atoms with Crippen molar-refractivity contribution >= 4 is 28.3 Å². The molecule has 3 rings (SSSR count). The lowest BCUT2D eigenvalue weighted by atomic mass is 10.2. The molecule has 2 N–H and O–H groups in total. The van der Waals surface area contributed by atoms with Crippen LogP contribution in [0.15, 0.2) is 17.9 Å². The Morgan fingerprint density at radius 3 is 2.67 bits per heavy atom. The van der Waals surface area contributed by atoms with Crippen LogP contribution < -0.4 is 5.32 Å². The predicted octanol–water partition coefficient (Wildman–Crippen LogP) is 2.10. The number of hydrogen-bond donors (Lipinski definition) is 2. The number of thiazole rings is 1. The fourth-order valence-corrected chi connectivity index (χ4v) is 2.64. The molecular weight excluding hydrogens is 349 g/mol. The van der Waals surface area contributed by atoms with Gasteiger partial charge in [-0.3, -0.25) is 4.79 Å². The van der Waals surface area contributed by atoms with E-state index in [9.17, 15) is 18.0 Å². The Bertz CT molecular complexity index is 713. The number of carboxylic acids is 1. The van der Waals surface area contributed by atoms with Gasteiger partial charge in [-0.05, 0) is 12.8 Å². The quantitative estimate of drug-likeness (QED) is 0.872. The maximum absolute atomic E-state index is 11.8. The lowest BCUT2D eigenvalue weighted by Gasteiger charge is -2.01. The Kier molecular flexibility index (Phi) is 5.54. The average Bonchev–Trinajstić information content (AvgIpc) is 3.18. The van der Waals surface area contributed by atoms with E-state index >= 15 is 0 Å². The highest BCUT2D eigenvalue weighted by Gasteiger charge is 2.38. The lowest BCUT2D eigenvalue weighted by Crippen LogP contribution is -2.21. The van der Waals surface area contributed by atoms with Gasteiger partial charge in [0.15, 0.2) is 5.13 Å². The maximum atomic E-state index is 11.8. The molecule has 2 aromatic rings. The van der Waals surface area contributed by atoms with Crippen molar-refractivity contribution in [3.8, 4) is 0 Å². The Balaban J connectivity index is 0.000000256. The topological polar surface area (TPSA) is 97.1 Å². The molecule has 0 unspecified atom stereocenters. The molecule has 3 heterocycles. The number of halogens is 3. The van der Waals surface area contributed by atoms with E-state index in [0.29, 0.717) is 11.6 Å². The summed E-state index contributed by atoms with van der Waals surface area (Å²) in [4.78, 5) is 29.0. The molecule has 0 atom stereocenters. The third-order valence-electron chi connectivity index (χ3n) is 3.09. The van der Waals surface area contributed by atoms with Gasteiger partial charge in [-0.2, -0.15) is 13.2 Å². The number of hydrogen-bond acceptors (Lipinski definition) is 5. The smallest absolute Gasteiger partial charge is 0.475 e. The first-order valence-electron chi connectivity index (χ1n) is 6.79. The van der Waals surface area contributed by atoms with Crippen molar-refractivity contribution in [3.05, 3.63) is 29.3 Å². The van der Waals surface area contributed by atoms with E-state index in [0.717, 1.165) is 25.1 Å². The first-order valence-corrected chi connectivity index (χ1v) is 7.67. The molecule has 1 aliphatic heterocycles. The van der Waals surface area contributed by atoms with Gasteiger partial charge in [0.1, 0.15) is 0 Å². The first kappa shape index (κ1) is 17.9. The molecule has 1 aliphatic rings. The molecular formula is C13H13F3N4O3S. The van der Waals surface area contributed by atoms with Gasteiger partial charge in [-0.1, -0.05) is 0 Å². The molecule has 0 saturated heterocycles. The molecule has 11 heteroatoms. The molecule has 0 bridgehead atoms. The van der Waals surface area contributed by atoms with Crippen LogP contribution in [0.4, 0.5) is 18.3 Å². The first-order chi connectivity index (χ1) is 11.3. The number of amides is 1. The fraction of sp³-hybridized carbons (Fsp3) is 0.385. The summed E-state index contributed by atoms with van der Waals surface area (Å²) in [5, 5.41) is 12.4. The van der Waals surface area contributed by atoms with Crippen molar-refractivity contribution in [2.24, 2.45) is 0 Å². The highest BCUT2D eigenvalue weighted by molar-refractivity contribution is 7.13. The predicted molar refractivity (Wildman–Crippen MR) is 78.7 cm³/mol. The Morgan fingerprint density at radius 1 is 1.38 bits per heavy atom. The molecule has 24 heavy (non-hydrogen) atoms. The van der Waals surface area contributed by atoms with Crippen molar-refractivity contribution in [1.82, 2.24) is 14.5 Å². The monoisotopic (exact) mass is 362 g/mol. The van der Waals surface area contributed by atoms with Gasteiger partial charge in [-0.15, -0.1) is 11.3 Å². The van der Waals surface area contributed by atoms with Gasteiger partial charge >= 0.3 is 12.1 Å². The van der Waals surface area contributed by atoms with E-state index < -0.39 is 12.1 Å². The number of aliphatic carboxylic acids is 1. The summed E-state index contributed by atoms with van der Waals surface area (Å²) in [6.45, 7) is 1.02. The van der Waals surface area contributed by atoms with Crippen molar-refractivity contribution in [2.45, 2.75) is 32.0 Å². The molecule has 7 nitrogen and oxygen atoms in total. The zero-order chi connectivity index (χ0) is 17.7. The summed E-state index contributed by atoms with van der Waals surface area (Å²) in [7, 11) is 0. The number of nitrogens with one attached hydrogen (secondary N) is 1. The van der Waals surface area contributed by atoms with Crippen molar-refractivity contribution < 1.29 is 27.9 Å². The second-order valence-electron chi connectivity index (χ2n) is 4.80. The second-order valence-corrected chi connectivity index (χ2v) is 5.69. The fourth-order valence-electron chi connectivity index (χ4n) is 2.10. The number of carbonyl (C=O) groups is 2. The standard InChI is InChI=1S/C11H12N4OS.C2HF3O2/c16-10(14-11-12-3-5-17-11)6-8-9-2-1-4-15(9)7-13-8;3-2(4,5)1(6)7/h3,5,7H,1-2,4,6H2,(H,12,14,16);(H,6,7). The summed E-state index contributed by atoms with van der Waals surface area (Å²) in [5.74, 6) is -2.80. The van der Waals surface area contributed by atoms with Gasteiger partial charge in [0, 0.05) is 23.8 Å². The third kappa shape index (κ3) is 4.78. The van der Waals surface area contributed by atoms with Gasteiger partial charge in [0.2, 0.25) is 5.91 Å². The van der Waals surface area contributed by atoms with E-state index in [2.05, 4.69) is 19.9 Å². The lowest BCUT2D eigenvalue weighted by molar-refractivity contribution is -0.192. The largest absolute Gasteiger partial charge is 0.490 e. The van der Waals surface area contributed by atoms with Gasteiger partial charge < -0.3 is 15.0 Å². The third-order valence-corrected chi connectivity index (χ3v) is 3.78. The number of aromatic nitrogens is 3. The van der Waals surface area contributed by atoms with Crippen LogP contribution in [0.1, 0.15) is 17.8 Å². The van der Waals surface area contributed by atoms with Crippen molar-refractivity contribution in [3.63, 3.8) is 0 Å². The zero-order valence-corrected chi connectivity index (χ0v) is 13.0. The van der Waals surface area contributed by atoms with E-state index in [4.69, 9.17) is 9.90 Å². The minimum absolute atomic E-state index is 0.0478. The average molecular weight is 362 g/mol. The summed E-state index contributed by atoms with van der Waals surface area (Å²) in [6, 6.07) is 0. The van der Waals surface area contributed by atoms with Gasteiger partial charge in [0.05, 0.1) is 18.4 Å². The SMILES string of the molecule is O=C(Cc1ncn2c1CCC2)Nc1nccs1.O=C(O)C(F)(F)F. The normalized spacial score (nSPS) is 13.0. The summed E-state index contributed by atoms with van der Waals surface area (Å²) in [6.07, 6.45) is 0.934. The van der Waals surface area contributed by atoms with E-state index in [1.165, 1.54) is 17.0 Å².